The highest BCUT2D eigenvalue weighted by Crippen LogP contribution is 2.17. The standard InChI is InChI=1S/C14H19N3O/c1-3-12-13(10-17(2)16-12)15-9-14(18)11-7-5-4-6-8-11/h4-8,10,14-15,18H,3,9H2,1-2H3. The van der Waals surface area contributed by atoms with Gasteiger partial charge in [0.05, 0.1) is 17.5 Å². The highest BCUT2D eigenvalue weighted by molar-refractivity contribution is 5.46. The van der Waals surface area contributed by atoms with E-state index in [1.165, 1.54) is 0 Å². The van der Waals surface area contributed by atoms with Crippen LogP contribution in [0.2, 0.25) is 0 Å². The summed E-state index contributed by atoms with van der Waals surface area (Å²) in [5.41, 5.74) is 2.94. The third-order valence-electron chi connectivity index (χ3n) is 2.91. The van der Waals surface area contributed by atoms with Gasteiger partial charge in [0, 0.05) is 19.8 Å². The van der Waals surface area contributed by atoms with Gasteiger partial charge in [0.25, 0.3) is 0 Å². The number of aromatic nitrogens is 2. The van der Waals surface area contributed by atoms with E-state index >= 15 is 0 Å². The molecule has 1 aromatic carbocycles. The van der Waals surface area contributed by atoms with Gasteiger partial charge in [-0.25, -0.2) is 0 Å². The summed E-state index contributed by atoms with van der Waals surface area (Å²) < 4.78 is 1.79. The molecule has 96 valence electrons. The zero-order valence-corrected chi connectivity index (χ0v) is 10.8. The lowest BCUT2D eigenvalue weighted by Gasteiger charge is -2.12. The summed E-state index contributed by atoms with van der Waals surface area (Å²) >= 11 is 0. The van der Waals surface area contributed by atoms with Crippen molar-refractivity contribution >= 4 is 5.69 Å². The van der Waals surface area contributed by atoms with Crippen LogP contribution in [0.4, 0.5) is 5.69 Å². The molecule has 0 aliphatic carbocycles. The number of aliphatic hydroxyl groups excluding tert-OH is 1. The molecule has 2 rings (SSSR count). The van der Waals surface area contributed by atoms with Crippen molar-refractivity contribution in [1.82, 2.24) is 9.78 Å². The van der Waals surface area contributed by atoms with Gasteiger partial charge in [-0.15, -0.1) is 0 Å². The SMILES string of the molecule is CCc1nn(C)cc1NCC(O)c1ccccc1. The molecule has 1 heterocycles. The average molecular weight is 245 g/mol. The Balaban J connectivity index is 1.99. The number of aliphatic hydroxyl groups is 1. The maximum absolute atomic E-state index is 10.1. The summed E-state index contributed by atoms with van der Waals surface area (Å²) in [6.07, 6.45) is 2.32. The van der Waals surface area contributed by atoms with Crippen molar-refractivity contribution in [3.8, 4) is 0 Å². The van der Waals surface area contributed by atoms with E-state index in [1.54, 1.807) is 4.68 Å². The van der Waals surface area contributed by atoms with Crippen LogP contribution in [0.15, 0.2) is 36.5 Å². The molecule has 0 bridgehead atoms. The van der Waals surface area contributed by atoms with Crippen molar-refractivity contribution < 1.29 is 5.11 Å². The molecular formula is C14H19N3O. The van der Waals surface area contributed by atoms with Crippen molar-refractivity contribution in [2.24, 2.45) is 7.05 Å². The first-order valence-electron chi connectivity index (χ1n) is 6.20. The maximum Gasteiger partial charge on any atom is 0.0962 e. The fourth-order valence-electron chi connectivity index (χ4n) is 1.94. The second-order valence-electron chi connectivity index (χ2n) is 4.32. The Kier molecular flexibility index (Phi) is 3.99. The molecule has 1 atom stereocenters. The molecule has 0 fully saturated rings. The zero-order chi connectivity index (χ0) is 13.0. The van der Waals surface area contributed by atoms with Gasteiger partial charge in [-0.2, -0.15) is 5.10 Å². The van der Waals surface area contributed by atoms with Crippen molar-refractivity contribution in [2.75, 3.05) is 11.9 Å². The molecule has 0 spiro atoms. The van der Waals surface area contributed by atoms with Crippen LogP contribution in [0, 0.1) is 0 Å². The van der Waals surface area contributed by atoms with E-state index in [9.17, 15) is 5.11 Å². The monoisotopic (exact) mass is 245 g/mol. The number of anilines is 1. The summed E-state index contributed by atoms with van der Waals surface area (Å²) in [5, 5.41) is 17.7. The third-order valence-corrected chi connectivity index (χ3v) is 2.91. The molecule has 4 heteroatoms. The molecular weight excluding hydrogens is 226 g/mol. The fourth-order valence-corrected chi connectivity index (χ4v) is 1.94. The molecule has 18 heavy (non-hydrogen) atoms. The molecule has 4 nitrogen and oxygen atoms in total. The first-order valence-corrected chi connectivity index (χ1v) is 6.20. The largest absolute Gasteiger partial charge is 0.387 e. The Morgan fingerprint density at radius 2 is 2.06 bits per heavy atom. The lowest BCUT2D eigenvalue weighted by molar-refractivity contribution is 0.191. The molecule has 0 saturated carbocycles. The van der Waals surface area contributed by atoms with Crippen molar-refractivity contribution in [2.45, 2.75) is 19.4 Å². The Bertz CT molecular complexity index is 493. The van der Waals surface area contributed by atoms with Gasteiger partial charge in [-0.05, 0) is 12.0 Å². The molecule has 0 amide bonds. The molecule has 1 aromatic heterocycles. The minimum Gasteiger partial charge on any atom is -0.387 e. The average Bonchev–Trinajstić information content (AvgIpc) is 2.77. The quantitative estimate of drug-likeness (QED) is 0.848. The van der Waals surface area contributed by atoms with Crippen molar-refractivity contribution in [3.63, 3.8) is 0 Å². The highest BCUT2D eigenvalue weighted by Gasteiger charge is 2.09. The van der Waals surface area contributed by atoms with E-state index in [1.807, 2.05) is 43.6 Å². The van der Waals surface area contributed by atoms with E-state index in [2.05, 4.69) is 17.3 Å². The van der Waals surface area contributed by atoms with E-state index in [0.717, 1.165) is 23.4 Å². The highest BCUT2D eigenvalue weighted by atomic mass is 16.3. The van der Waals surface area contributed by atoms with Gasteiger partial charge in [0.1, 0.15) is 0 Å². The summed E-state index contributed by atoms with van der Waals surface area (Å²) in [6.45, 7) is 2.56. The second kappa shape index (κ2) is 5.69. The van der Waals surface area contributed by atoms with Crippen LogP contribution in [0.25, 0.3) is 0 Å². The summed E-state index contributed by atoms with van der Waals surface area (Å²) in [4.78, 5) is 0. The van der Waals surface area contributed by atoms with Gasteiger partial charge < -0.3 is 10.4 Å². The Labute approximate surface area is 107 Å². The fraction of sp³-hybridized carbons (Fsp3) is 0.357. The first kappa shape index (κ1) is 12.6. The van der Waals surface area contributed by atoms with E-state index in [-0.39, 0.29) is 0 Å². The van der Waals surface area contributed by atoms with Gasteiger partial charge in [-0.1, -0.05) is 37.3 Å². The lowest BCUT2D eigenvalue weighted by atomic mass is 10.1. The van der Waals surface area contributed by atoms with Gasteiger partial charge in [0.15, 0.2) is 0 Å². The first-order chi connectivity index (χ1) is 8.70. The van der Waals surface area contributed by atoms with E-state index < -0.39 is 6.10 Å². The molecule has 1 unspecified atom stereocenters. The van der Waals surface area contributed by atoms with Crippen LogP contribution < -0.4 is 5.32 Å². The van der Waals surface area contributed by atoms with Gasteiger partial charge in [-0.3, -0.25) is 4.68 Å². The normalized spacial score (nSPS) is 12.4. The van der Waals surface area contributed by atoms with Crippen LogP contribution >= 0.6 is 0 Å². The predicted molar refractivity (Wildman–Crippen MR) is 72.5 cm³/mol. The Morgan fingerprint density at radius 3 is 2.72 bits per heavy atom. The Morgan fingerprint density at radius 1 is 1.33 bits per heavy atom. The zero-order valence-electron chi connectivity index (χ0n) is 10.8. The summed E-state index contributed by atoms with van der Waals surface area (Å²) in [7, 11) is 1.90. The van der Waals surface area contributed by atoms with Crippen LogP contribution in [0.1, 0.15) is 24.3 Å². The van der Waals surface area contributed by atoms with E-state index in [4.69, 9.17) is 0 Å². The number of benzene rings is 1. The number of rotatable bonds is 5. The van der Waals surface area contributed by atoms with Crippen LogP contribution in [0.3, 0.4) is 0 Å². The molecule has 0 saturated heterocycles. The molecule has 0 aliphatic heterocycles. The van der Waals surface area contributed by atoms with Gasteiger partial charge >= 0.3 is 0 Å². The molecule has 2 N–H and O–H groups in total. The Hall–Kier alpha value is -1.81. The smallest absolute Gasteiger partial charge is 0.0962 e. The summed E-state index contributed by atoms with van der Waals surface area (Å²) in [5.74, 6) is 0. The minimum absolute atomic E-state index is 0.489. The molecule has 0 radical (unpaired) electrons. The number of nitrogens with zero attached hydrogens (tertiary/aromatic N) is 2. The second-order valence-corrected chi connectivity index (χ2v) is 4.32. The number of aryl methyl sites for hydroxylation is 2. The number of hydrogen-bond donors (Lipinski definition) is 2. The maximum atomic E-state index is 10.1. The third kappa shape index (κ3) is 2.90. The summed E-state index contributed by atoms with van der Waals surface area (Å²) in [6, 6.07) is 9.66. The van der Waals surface area contributed by atoms with Crippen molar-refractivity contribution in [3.05, 3.63) is 47.8 Å². The van der Waals surface area contributed by atoms with E-state index in [0.29, 0.717) is 6.54 Å². The van der Waals surface area contributed by atoms with Crippen LogP contribution in [0.5, 0.6) is 0 Å². The topological polar surface area (TPSA) is 50.1 Å². The van der Waals surface area contributed by atoms with Crippen molar-refractivity contribution in [1.29, 1.82) is 0 Å². The predicted octanol–water partition coefficient (Wildman–Crippen LogP) is 2.13. The number of nitrogens with one attached hydrogen (secondary N) is 1. The van der Waals surface area contributed by atoms with Gasteiger partial charge in [0.2, 0.25) is 0 Å². The molecule has 2 aromatic rings. The van der Waals surface area contributed by atoms with Crippen LogP contribution in [-0.4, -0.2) is 21.4 Å². The molecule has 0 aliphatic rings. The number of hydrogen-bond acceptors (Lipinski definition) is 3. The van der Waals surface area contributed by atoms with Crippen LogP contribution in [-0.2, 0) is 13.5 Å². The lowest BCUT2D eigenvalue weighted by Crippen LogP contribution is -2.12. The minimum atomic E-state index is -0.504.